The highest BCUT2D eigenvalue weighted by Crippen LogP contribution is 2.06. The Morgan fingerprint density at radius 2 is 1.56 bits per heavy atom. The molecule has 1 atom stereocenters. The highest BCUT2D eigenvalue weighted by atomic mass is 32.1. The van der Waals surface area contributed by atoms with Gasteiger partial charge < -0.3 is 20.4 Å². The van der Waals surface area contributed by atoms with E-state index in [1.54, 1.807) is 0 Å². The van der Waals surface area contributed by atoms with Gasteiger partial charge in [-0.1, -0.05) is 0 Å². The molecule has 0 fully saturated rings. The van der Waals surface area contributed by atoms with E-state index < -0.39 is 17.8 Å². The zero-order chi connectivity index (χ0) is 7.44. The lowest BCUT2D eigenvalue weighted by Crippen LogP contribution is -2.24. The third kappa shape index (κ3) is 4.68. The lowest BCUT2D eigenvalue weighted by atomic mass is 10.3. The lowest BCUT2D eigenvalue weighted by molar-refractivity contribution is -0.0834. The van der Waals surface area contributed by atoms with Gasteiger partial charge in [-0.15, -0.1) is 0 Å². The second-order valence-corrected chi connectivity index (χ2v) is 2.36. The van der Waals surface area contributed by atoms with E-state index in [9.17, 15) is 0 Å². The van der Waals surface area contributed by atoms with Gasteiger partial charge in [0.2, 0.25) is 0 Å². The van der Waals surface area contributed by atoms with Gasteiger partial charge in [0.05, 0.1) is 5.25 Å². The van der Waals surface area contributed by atoms with Crippen molar-refractivity contribution >= 4 is 12.6 Å². The second-order valence-electron chi connectivity index (χ2n) is 1.70. The molecule has 0 rings (SSSR count). The van der Waals surface area contributed by atoms with Crippen molar-refractivity contribution in [2.45, 2.75) is 24.3 Å². The summed E-state index contributed by atoms with van der Waals surface area (Å²) in [5, 5.41) is 32.4. The molecule has 0 bridgehead atoms. The molecule has 0 aliphatic heterocycles. The van der Waals surface area contributed by atoms with E-state index in [1.165, 1.54) is 0 Å². The fraction of sp³-hybridized carbons (Fsp3) is 1.00. The largest absolute Gasteiger partial charge is 0.368 e. The van der Waals surface area contributed by atoms with Gasteiger partial charge >= 0.3 is 0 Å². The molecule has 0 amide bonds. The van der Waals surface area contributed by atoms with Crippen molar-refractivity contribution in [1.29, 1.82) is 0 Å². The van der Waals surface area contributed by atoms with Crippen LogP contribution in [0.1, 0.15) is 6.42 Å². The van der Waals surface area contributed by atoms with Crippen molar-refractivity contribution in [2.24, 2.45) is 0 Å². The summed E-state index contributed by atoms with van der Waals surface area (Å²) in [7, 11) is 0. The summed E-state index contributed by atoms with van der Waals surface area (Å²) >= 11 is 3.64. The molecule has 9 heavy (non-hydrogen) atoms. The average Bonchev–Trinajstić information content (AvgIpc) is 1.63. The molecular formula is C4H10O4S. The summed E-state index contributed by atoms with van der Waals surface area (Å²) in [6.45, 7) is 0. The van der Waals surface area contributed by atoms with E-state index in [-0.39, 0.29) is 6.42 Å². The predicted octanol–water partition coefficient (Wildman–Crippen LogP) is -1.70. The molecule has 0 aromatic heterocycles. The van der Waals surface area contributed by atoms with Gasteiger partial charge in [-0.3, -0.25) is 0 Å². The molecule has 0 radical (unpaired) electrons. The summed E-state index contributed by atoms with van der Waals surface area (Å²) < 4.78 is 0. The quantitative estimate of drug-likeness (QED) is 0.248. The van der Waals surface area contributed by atoms with E-state index in [0.29, 0.717) is 0 Å². The molecule has 0 saturated heterocycles. The van der Waals surface area contributed by atoms with Crippen molar-refractivity contribution in [3.05, 3.63) is 0 Å². The Morgan fingerprint density at radius 1 is 1.11 bits per heavy atom. The van der Waals surface area contributed by atoms with E-state index >= 15 is 0 Å². The Kier molecular flexibility index (Phi) is 4.16. The summed E-state index contributed by atoms with van der Waals surface area (Å²) in [4.78, 5) is 0. The number of hydrogen-bond acceptors (Lipinski definition) is 5. The van der Waals surface area contributed by atoms with Gasteiger partial charge in [0, 0.05) is 6.42 Å². The number of rotatable bonds is 3. The van der Waals surface area contributed by atoms with Crippen LogP contribution in [0.5, 0.6) is 0 Å². The van der Waals surface area contributed by atoms with E-state index in [1.807, 2.05) is 0 Å². The number of aliphatic hydroxyl groups excluding tert-OH is 2. The summed E-state index contributed by atoms with van der Waals surface area (Å²) in [5.41, 5.74) is 0. The van der Waals surface area contributed by atoms with E-state index in [0.717, 1.165) is 0 Å². The van der Waals surface area contributed by atoms with Crippen molar-refractivity contribution in [2.75, 3.05) is 0 Å². The molecule has 0 aromatic rings. The van der Waals surface area contributed by atoms with Crippen molar-refractivity contribution in [3.63, 3.8) is 0 Å². The first-order valence-electron chi connectivity index (χ1n) is 2.44. The molecule has 0 saturated carbocycles. The minimum atomic E-state index is -1.60. The van der Waals surface area contributed by atoms with Crippen LogP contribution in [0.3, 0.4) is 0 Å². The molecular weight excluding hydrogens is 144 g/mol. The number of hydrogen-bond donors (Lipinski definition) is 5. The second kappa shape index (κ2) is 4.08. The molecule has 0 aromatic carbocycles. The Labute approximate surface area is 58.2 Å². The minimum absolute atomic E-state index is 0.152. The highest BCUT2D eigenvalue weighted by Gasteiger charge is 2.14. The Balaban J connectivity index is 3.38. The third-order valence-corrected chi connectivity index (χ3v) is 1.27. The van der Waals surface area contributed by atoms with Crippen LogP contribution in [0.2, 0.25) is 0 Å². The van der Waals surface area contributed by atoms with Crippen LogP contribution in [-0.2, 0) is 0 Å². The fourth-order valence-corrected chi connectivity index (χ4v) is 0.526. The van der Waals surface area contributed by atoms with Gasteiger partial charge in [0.1, 0.15) is 0 Å². The molecule has 0 heterocycles. The fourth-order valence-electron chi connectivity index (χ4n) is 0.338. The van der Waals surface area contributed by atoms with Gasteiger partial charge in [-0.05, 0) is 0 Å². The van der Waals surface area contributed by atoms with Crippen LogP contribution < -0.4 is 0 Å². The summed E-state index contributed by atoms with van der Waals surface area (Å²) in [6.07, 6.45) is -3.29. The van der Waals surface area contributed by atoms with Crippen LogP contribution in [-0.4, -0.2) is 38.3 Å². The molecule has 0 aliphatic rings. The topological polar surface area (TPSA) is 80.9 Å². The Hall–Kier alpha value is 0.190. The first-order chi connectivity index (χ1) is 4.04. The predicted molar refractivity (Wildman–Crippen MR) is 33.8 cm³/mol. The molecule has 56 valence electrons. The minimum Gasteiger partial charge on any atom is -0.368 e. The standard InChI is InChI=1S/C4H10O4S/c5-3(6)1-2(9)4(7)8/h2-9H,1H2. The smallest absolute Gasteiger partial charge is 0.163 e. The van der Waals surface area contributed by atoms with Crippen molar-refractivity contribution in [1.82, 2.24) is 0 Å². The van der Waals surface area contributed by atoms with E-state index in [2.05, 4.69) is 12.6 Å². The molecule has 5 heteroatoms. The van der Waals surface area contributed by atoms with Crippen molar-refractivity contribution in [3.8, 4) is 0 Å². The SMILES string of the molecule is OC(O)CC(S)C(O)O. The van der Waals surface area contributed by atoms with Gasteiger partial charge in [0.15, 0.2) is 12.6 Å². The first-order valence-corrected chi connectivity index (χ1v) is 2.96. The maximum absolute atomic E-state index is 8.33. The van der Waals surface area contributed by atoms with Crippen LogP contribution in [0.25, 0.3) is 0 Å². The van der Waals surface area contributed by atoms with Crippen LogP contribution in [0, 0.1) is 0 Å². The molecule has 0 spiro atoms. The summed E-state index contributed by atoms with van der Waals surface area (Å²) in [6, 6.07) is 0. The third-order valence-electron chi connectivity index (χ3n) is 0.796. The zero-order valence-electron chi connectivity index (χ0n) is 4.68. The maximum Gasteiger partial charge on any atom is 0.163 e. The van der Waals surface area contributed by atoms with E-state index in [4.69, 9.17) is 20.4 Å². The lowest BCUT2D eigenvalue weighted by Gasteiger charge is -2.12. The highest BCUT2D eigenvalue weighted by molar-refractivity contribution is 7.81. The average molecular weight is 154 g/mol. The molecule has 4 N–H and O–H groups in total. The normalized spacial score (nSPS) is 15.0. The summed E-state index contributed by atoms with van der Waals surface area (Å²) in [5.74, 6) is 0. The molecule has 0 aliphatic carbocycles. The maximum atomic E-state index is 8.33. The molecule has 1 unspecified atom stereocenters. The number of thiol groups is 1. The zero-order valence-corrected chi connectivity index (χ0v) is 5.57. The first kappa shape index (κ1) is 9.19. The van der Waals surface area contributed by atoms with Gasteiger partial charge in [-0.2, -0.15) is 12.6 Å². The molecule has 4 nitrogen and oxygen atoms in total. The van der Waals surface area contributed by atoms with Crippen LogP contribution in [0.15, 0.2) is 0 Å². The van der Waals surface area contributed by atoms with Gasteiger partial charge in [0.25, 0.3) is 0 Å². The Bertz CT molecular complexity index is 75.0. The van der Waals surface area contributed by atoms with Crippen molar-refractivity contribution < 1.29 is 20.4 Å². The van der Waals surface area contributed by atoms with Crippen LogP contribution in [0.4, 0.5) is 0 Å². The van der Waals surface area contributed by atoms with Gasteiger partial charge in [-0.25, -0.2) is 0 Å². The Morgan fingerprint density at radius 3 is 1.67 bits per heavy atom. The van der Waals surface area contributed by atoms with Crippen LogP contribution >= 0.6 is 12.6 Å². The number of aliphatic hydroxyl groups is 4. The monoisotopic (exact) mass is 154 g/mol.